The topological polar surface area (TPSA) is 80.8 Å². The Balaban J connectivity index is 1.74. The number of rotatable bonds is 7. The van der Waals surface area contributed by atoms with E-state index >= 15 is 0 Å². The predicted octanol–water partition coefficient (Wildman–Crippen LogP) is 4.37. The summed E-state index contributed by atoms with van der Waals surface area (Å²) in [6.45, 7) is 9.77. The smallest absolute Gasteiger partial charge is 0.338 e. The van der Waals surface area contributed by atoms with Gasteiger partial charge in [0.15, 0.2) is 6.10 Å². The SMILES string of the molecule is Cc1ccc(C(=O)[C@H](C)OC(=O)c2ccc3c(c2)C(=O)N(CCC(C)C)C3=O)cc1C. The van der Waals surface area contributed by atoms with Crippen molar-refractivity contribution in [1.29, 1.82) is 0 Å². The number of Topliss-reactive ketones (excluding diaryl/α,β-unsaturated/α-hetero) is 1. The Bertz CT molecular complexity index is 1070. The number of fused-ring (bicyclic) bond motifs is 1. The van der Waals surface area contributed by atoms with E-state index in [2.05, 4.69) is 0 Å². The molecule has 0 aliphatic carbocycles. The second kappa shape index (κ2) is 8.84. The van der Waals surface area contributed by atoms with E-state index in [9.17, 15) is 19.2 Å². The number of carbonyl (C=O) groups is 4. The van der Waals surface area contributed by atoms with Crippen LogP contribution in [0.25, 0.3) is 0 Å². The van der Waals surface area contributed by atoms with Crippen LogP contribution in [0.2, 0.25) is 0 Å². The minimum atomic E-state index is -0.984. The summed E-state index contributed by atoms with van der Waals surface area (Å²) in [5.74, 6) is -1.42. The Kier molecular flexibility index (Phi) is 6.39. The van der Waals surface area contributed by atoms with Gasteiger partial charge in [0.25, 0.3) is 11.8 Å². The van der Waals surface area contributed by atoms with Gasteiger partial charge in [-0.3, -0.25) is 19.3 Å². The van der Waals surface area contributed by atoms with Crippen LogP contribution in [0.15, 0.2) is 36.4 Å². The van der Waals surface area contributed by atoms with E-state index in [0.29, 0.717) is 24.4 Å². The largest absolute Gasteiger partial charge is 0.451 e. The van der Waals surface area contributed by atoms with Crippen LogP contribution in [0.5, 0.6) is 0 Å². The Morgan fingerprint density at radius 2 is 1.52 bits per heavy atom. The van der Waals surface area contributed by atoms with Crippen LogP contribution in [-0.2, 0) is 4.74 Å². The summed E-state index contributed by atoms with van der Waals surface area (Å²) in [4.78, 5) is 51.7. The second-order valence-corrected chi connectivity index (χ2v) is 8.42. The van der Waals surface area contributed by atoms with Crippen molar-refractivity contribution in [2.75, 3.05) is 6.54 Å². The molecule has 1 atom stereocenters. The van der Waals surface area contributed by atoms with Crippen LogP contribution < -0.4 is 0 Å². The fourth-order valence-electron chi connectivity index (χ4n) is 3.42. The van der Waals surface area contributed by atoms with Gasteiger partial charge < -0.3 is 4.74 Å². The lowest BCUT2D eigenvalue weighted by molar-refractivity contribution is 0.0318. The summed E-state index contributed by atoms with van der Waals surface area (Å²) in [5.41, 5.74) is 3.12. The molecule has 0 saturated heterocycles. The fourth-order valence-corrected chi connectivity index (χ4v) is 3.42. The van der Waals surface area contributed by atoms with Crippen molar-refractivity contribution in [3.8, 4) is 0 Å². The van der Waals surface area contributed by atoms with E-state index in [1.807, 2.05) is 33.8 Å². The van der Waals surface area contributed by atoms with E-state index in [1.54, 1.807) is 12.1 Å². The second-order valence-electron chi connectivity index (χ2n) is 8.42. The summed E-state index contributed by atoms with van der Waals surface area (Å²) < 4.78 is 5.35. The number of aryl methyl sites for hydroxylation is 2. The third-order valence-electron chi connectivity index (χ3n) is 5.58. The first-order valence-electron chi connectivity index (χ1n) is 10.4. The van der Waals surface area contributed by atoms with Crippen LogP contribution in [0, 0.1) is 19.8 Å². The van der Waals surface area contributed by atoms with Crippen LogP contribution in [-0.4, -0.2) is 41.1 Å². The van der Waals surface area contributed by atoms with Crippen molar-refractivity contribution in [2.45, 2.75) is 47.1 Å². The highest BCUT2D eigenvalue weighted by Gasteiger charge is 2.36. The van der Waals surface area contributed by atoms with Crippen molar-refractivity contribution in [3.05, 3.63) is 69.8 Å². The monoisotopic (exact) mass is 421 g/mol. The molecule has 3 rings (SSSR count). The molecule has 0 fully saturated rings. The molecule has 1 heterocycles. The maximum absolute atomic E-state index is 12.7. The van der Waals surface area contributed by atoms with Gasteiger partial charge in [-0.05, 0) is 68.5 Å². The van der Waals surface area contributed by atoms with Gasteiger partial charge >= 0.3 is 5.97 Å². The van der Waals surface area contributed by atoms with E-state index in [-0.39, 0.29) is 28.4 Å². The number of nitrogens with zero attached hydrogens (tertiary/aromatic N) is 1. The minimum absolute atomic E-state index is 0.130. The van der Waals surface area contributed by atoms with Gasteiger partial charge in [0.2, 0.25) is 5.78 Å². The highest BCUT2D eigenvalue weighted by molar-refractivity contribution is 6.22. The summed E-state index contributed by atoms with van der Waals surface area (Å²) in [6.07, 6.45) is -0.277. The number of hydrogen-bond donors (Lipinski definition) is 0. The Hall–Kier alpha value is -3.28. The summed E-state index contributed by atoms with van der Waals surface area (Å²) in [5, 5.41) is 0. The van der Waals surface area contributed by atoms with Crippen LogP contribution in [0.3, 0.4) is 0 Å². The van der Waals surface area contributed by atoms with E-state index in [0.717, 1.165) is 11.1 Å². The molecule has 1 aliphatic rings. The number of carbonyl (C=O) groups excluding carboxylic acids is 4. The summed E-state index contributed by atoms with van der Waals surface area (Å²) in [6, 6.07) is 9.63. The standard InChI is InChI=1S/C25H27NO5/c1-14(2)10-11-26-23(28)20-9-8-19(13-21(20)24(26)29)25(30)31-17(5)22(27)18-7-6-15(3)16(4)12-18/h6-9,12-14,17H,10-11H2,1-5H3/t17-/m0/s1. The number of ether oxygens (including phenoxy) is 1. The van der Waals surface area contributed by atoms with E-state index < -0.39 is 18.0 Å². The molecule has 31 heavy (non-hydrogen) atoms. The van der Waals surface area contributed by atoms with Crippen molar-refractivity contribution < 1.29 is 23.9 Å². The summed E-state index contributed by atoms with van der Waals surface area (Å²) in [7, 11) is 0. The molecule has 2 aromatic rings. The molecule has 0 aromatic heterocycles. The van der Waals surface area contributed by atoms with E-state index in [1.165, 1.54) is 30.0 Å². The molecule has 0 unspecified atom stereocenters. The first-order chi connectivity index (χ1) is 14.6. The molecule has 0 saturated carbocycles. The maximum Gasteiger partial charge on any atom is 0.338 e. The zero-order valence-corrected chi connectivity index (χ0v) is 18.5. The number of ketones is 1. The molecule has 162 valence electrons. The number of imide groups is 1. The van der Waals surface area contributed by atoms with E-state index in [4.69, 9.17) is 4.74 Å². The molecule has 0 bridgehead atoms. The zero-order valence-electron chi connectivity index (χ0n) is 18.5. The Morgan fingerprint density at radius 3 is 2.16 bits per heavy atom. The number of hydrogen-bond acceptors (Lipinski definition) is 5. The third kappa shape index (κ3) is 4.58. The quantitative estimate of drug-likeness (QED) is 0.377. The average Bonchev–Trinajstić information content (AvgIpc) is 2.97. The first-order valence-corrected chi connectivity index (χ1v) is 10.4. The molecule has 2 amide bonds. The lowest BCUT2D eigenvalue weighted by Gasteiger charge is -2.14. The van der Waals surface area contributed by atoms with Crippen LogP contribution in [0.1, 0.15) is 79.8 Å². The fraction of sp³-hybridized carbons (Fsp3) is 0.360. The van der Waals surface area contributed by atoms with Crippen LogP contribution >= 0.6 is 0 Å². The molecule has 0 spiro atoms. The lowest BCUT2D eigenvalue weighted by Crippen LogP contribution is -2.31. The Labute approximate surface area is 182 Å². The number of benzene rings is 2. The van der Waals surface area contributed by atoms with Gasteiger partial charge in [-0.15, -0.1) is 0 Å². The minimum Gasteiger partial charge on any atom is -0.451 e. The van der Waals surface area contributed by atoms with Crippen molar-refractivity contribution >= 4 is 23.6 Å². The van der Waals surface area contributed by atoms with Gasteiger partial charge in [-0.2, -0.15) is 0 Å². The first kappa shape index (κ1) is 22.4. The predicted molar refractivity (Wildman–Crippen MR) is 116 cm³/mol. The molecule has 6 heteroatoms. The average molecular weight is 421 g/mol. The van der Waals surface area contributed by atoms with Crippen molar-refractivity contribution in [2.24, 2.45) is 5.92 Å². The van der Waals surface area contributed by atoms with Crippen LogP contribution in [0.4, 0.5) is 0 Å². The van der Waals surface area contributed by atoms with Crippen molar-refractivity contribution in [1.82, 2.24) is 4.90 Å². The van der Waals surface area contributed by atoms with Gasteiger partial charge in [-0.1, -0.05) is 26.0 Å². The number of amides is 2. The normalized spacial score (nSPS) is 14.1. The number of esters is 1. The molecule has 0 N–H and O–H groups in total. The Morgan fingerprint density at radius 1 is 0.871 bits per heavy atom. The zero-order chi connectivity index (χ0) is 22.9. The molecular formula is C25H27NO5. The summed E-state index contributed by atoms with van der Waals surface area (Å²) >= 11 is 0. The third-order valence-corrected chi connectivity index (χ3v) is 5.58. The molecule has 2 aromatic carbocycles. The highest BCUT2D eigenvalue weighted by atomic mass is 16.5. The molecular weight excluding hydrogens is 394 g/mol. The van der Waals surface area contributed by atoms with Gasteiger partial charge in [0, 0.05) is 12.1 Å². The molecule has 6 nitrogen and oxygen atoms in total. The highest BCUT2D eigenvalue weighted by Crippen LogP contribution is 2.25. The molecule has 1 aliphatic heterocycles. The van der Waals surface area contributed by atoms with Gasteiger partial charge in [-0.25, -0.2) is 4.79 Å². The van der Waals surface area contributed by atoms with Gasteiger partial charge in [0.05, 0.1) is 16.7 Å². The maximum atomic E-state index is 12.7. The van der Waals surface area contributed by atoms with Crippen molar-refractivity contribution in [3.63, 3.8) is 0 Å². The lowest BCUT2D eigenvalue weighted by atomic mass is 10.0. The molecule has 0 radical (unpaired) electrons. The van der Waals surface area contributed by atoms with Gasteiger partial charge in [0.1, 0.15) is 0 Å².